The van der Waals surface area contributed by atoms with Crippen molar-refractivity contribution in [3.63, 3.8) is 0 Å². The van der Waals surface area contributed by atoms with E-state index in [1.165, 1.54) is 0 Å². The molecule has 0 bridgehead atoms. The molecule has 0 aromatic rings. The van der Waals surface area contributed by atoms with Gasteiger partial charge in [0.05, 0.1) is 25.2 Å². The monoisotopic (exact) mass is 348 g/mol. The van der Waals surface area contributed by atoms with E-state index in [4.69, 9.17) is 18.9 Å². The van der Waals surface area contributed by atoms with Crippen LogP contribution in [-0.4, -0.2) is 67.8 Å². The average molecular weight is 348 g/mol. The average Bonchev–Trinajstić information content (AvgIpc) is 3.00. The third-order valence-corrected chi connectivity index (χ3v) is 6.78. The molecule has 3 fully saturated rings. The number of ether oxygens (including phenoxy) is 4. The van der Waals surface area contributed by atoms with Crippen molar-refractivity contribution >= 4 is 29.3 Å². The second-order valence-corrected chi connectivity index (χ2v) is 8.18. The van der Waals surface area contributed by atoms with Crippen molar-refractivity contribution in [3.8, 4) is 0 Å². The van der Waals surface area contributed by atoms with Crippen LogP contribution in [0.4, 0.5) is 0 Å². The predicted octanol–water partition coefficient (Wildman–Crippen LogP) is 1.79. The molecule has 1 spiro atoms. The minimum absolute atomic E-state index is 0.0801. The Morgan fingerprint density at radius 2 is 2.05 bits per heavy atom. The van der Waals surface area contributed by atoms with Crippen molar-refractivity contribution in [2.75, 3.05) is 50.1 Å². The Morgan fingerprint density at radius 3 is 2.77 bits per heavy atom. The molecule has 5 nitrogen and oxygen atoms in total. The molecular weight excluding hydrogens is 324 g/mol. The number of hydrogen-bond donors (Lipinski definition) is 0. The minimum atomic E-state index is -0.563. The maximum absolute atomic E-state index is 12.4. The summed E-state index contributed by atoms with van der Waals surface area (Å²) in [6.45, 7) is 1.47. The molecule has 3 heterocycles. The van der Waals surface area contributed by atoms with Gasteiger partial charge in [0.1, 0.15) is 12.6 Å². The Labute approximate surface area is 140 Å². The summed E-state index contributed by atoms with van der Waals surface area (Å²) < 4.78 is 23.1. The molecule has 0 saturated carbocycles. The van der Waals surface area contributed by atoms with Crippen LogP contribution in [0.15, 0.2) is 0 Å². The van der Waals surface area contributed by atoms with E-state index in [1.807, 2.05) is 23.5 Å². The fraction of sp³-hybridized carbons (Fsp3) is 0.933. The van der Waals surface area contributed by atoms with Crippen LogP contribution in [0, 0.1) is 11.8 Å². The molecule has 3 aliphatic heterocycles. The van der Waals surface area contributed by atoms with E-state index in [2.05, 4.69) is 0 Å². The van der Waals surface area contributed by atoms with Gasteiger partial charge in [-0.25, -0.2) is 0 Å². The van der Waals surface area contributed by atoms with Crippen molar-refractivity contribution in [2.45, 2.75) is 24.7 Å². The predicted molar refractivity (Wildman–Crippen MR) is 87.3 cm³/mol. The number of carbonyl (C=O) groups excluding carboxylic acids is 1. The summed E-state index contributed by atoms with van der Waals surface area (Å²) in [6, 6.07) is 0. The van der Waals surface area contributed by atoms with Gasteiger partial charge in [-0.3, -0.25) is 4.79 Å². The molecule has 3 atom stereocenters. The summed E-state index contributed by atoms with van der Waals surface area (Å²) in [7, 11) is 1.61. The van der Waals surface area contributed by atoms with Gasteiger partial charge in [0.2, 0.25) is 0 Å². The third kappa shape index (κ3) is 3.49. The Hall–Kier alpha value is 0.210. The van der Waals surface area contributed by atoms with Crippen LogP contribution in [0.1, 0.15) is 12.8 Å². The molecule has 0 amide bonds. The van der Waals surface area contributed by atoms with Gasteiger partial charge in [0.15, 0.2) is 5.79 Å². The largest absolute Gasteiger partial charge is 0.359 e. The molecule has 126 valence electrons. The summed E-state index contributed by atoms with van der Waals surface area (Å²) in [5.41, 5.74) is 0. The first-order chi connectivity index (χ1) is 10.8. The Morgan fingerprint density at radius 1 is 1.27 bits per heavy atom. The molecule has 0 radical (unpaired) electrons. The van der Waals surface area contributed by atoms with Crippen molar-refractivity contribution in [1.82, 2.24) is 0 Å². The number of carbonyl (C=O) groups is 1. The third-order valence-electron chi connectivity index (χ3n) is 4.61. The zero-order chi connectivity index (χ0) is 15.4. The highest BCUT2D eigenvalue weighted by molar-refractivity contribution is 7.99. The van der Waals surface area contributed by atoms with Gasteiger partial charge in [0.25, 0.3) is 0 Å². The number of rotatable bonds is 5. The topological polar surface area (TPSA) is 54.0 Å². The minimum Gasteiger partial charge on any atom is -0.359 e. The normalized spacial score (nSPS) is 33.2. The Balaban J connectivity index is 1.81. The van der Waals surface area contributed by atoms with E-state index in [0.29, 0.717) is 25.4 Å². The smallest absolute Gasteiger partial charge is 0.175 e. The van der Waals surface area contributed by atoms with Gasteiger partial charge in [-0.2, -0.15) is 23.5 Å². The molecule has 7 heteroatoms. The van der Waals surface area contributed by atoms with Crippen LogP contribution < -0.4 is 0 Å². The number of ketones is 1. The number of Topliss-reactive ketones (excluding diaryl/α,β-unsaturated/α-hetero) is 1. The van der Waals surface area contributed by atoms with Crippen LogP contribution in [0.2, 0.25) is 0 Å². The molecule has 0 aromatic heterocycles. The number of hydrogen-bond acceptors (Lipinski definition) is 7. The number of thioether (sulfide) groups is 2. The second-order valence-electron chi connectivity index (χ2n) is 5.88. The van der Waals surface area contributed by atoms with Gasteiger partial charge in [-0.05, 0) is 5.75 Å². The molecule has 3 rings (SSSR count). The lowest BCUT2D eigenvalue weighted by molar-refractivity contribution is -0.233. The van der Waals surface area contributed by atoms with E-state index in [9.17, 15) is 4.79 Å². The van der Waals surface area contributed by atoms with Crippen LogP contribution >= 0.6 is 23.5 Å². The standard InChI is InChI=1S/C15H24O5S2/c1-17-10-18-14(11-8-21-6-2-13(11)16)12-9-22-7-3-15(12)19-4-5-20-15/h11-12,14H,2-10H2,1H3/t11-,12-,14-/m1/s1. The summed E-state index contributed by atoms with van der Waals surface area (Å²) in [5, 5.41) is 0. The molecule has 0 N–H and O–H groups in total. The summed E-state index contributed by atoms with van der Waals surface area (Å²) in [5.74, 6) is 3.42. The molecule has 22 heavy (non-hydrogen) atoms. The fourth-order valence-electron chi connectivity index (χ4n) is 3.51. The Kier molecular flexibility index (Phi) is 6.09. The SMILES string of the molecule is COCO[C@H]([C@@H]1CSCCC1=O)[C@H]1CSCCC12OCCO2. The maximum Gasteiger partial charge on any atom is 0.175 e. The first kappa shape index (κ1) is 17.0. The summed E-state index contributed by atoms with van der Waals surface area (Å²) in [6.07, 6.45) is 1.31. The first-order valence-corrected chi connectivity index (χ1v) is 10.1. The second kappa shape index (κ2) is 7.85. The first-order valence-electron chi connectivity index (χ1n) is 7.83. The zero-order valence-electron chi connectivity index (χ0n) is 13.0. The van der Waals surface area contributed by atoms with E-state index in [0.717, 1.165) is 29.4 Å². The van der Waals surface area contributed by atoms with Crippen molar-refractivity contribution < 1.29 is 23.7 Å². The lowest BCUT2D eigenvalue weighted by atomic mass is 9.82. The van der Waals surface area contributed by atoms with Crippen LogP contribution in [0.3, 0.4) is 0 Å². The molecule has 3 saturated heterocycles. The molecular formula is C15H24O5S2. The molecule has 3 aliphatic rings. The van der Waals surface area contributed by atoms with Gasteiger partial charge in [-0.15, -0.1) is 0 Å². The molecule has 0 aliphatic carbocycles. The highest BCUT2D eigenvalue weighted by atomic mass is 32.2. The summed E-state index contributed by atoms with van der Waals surface area (Å²) in [4.78, 5) is 12.4. The van der Waals surface area contributed by atoms with Crippen LogP contribution in [0.25, 0.3) is 0 Å². The zero-order valence-corrected chi connectivity index (χ0v) is 14.6. The lowest BCUT2D eigenvalue weighted by Crippen LogP contribution is -2.54. The molecule has 0 unspecified atom stereocenters. The quantitative estimate of drug-likeness (QED) is 0.702. The lowest BCUT2D eigenvalue weighted by Gasteiger charge is -2.45. The fourth-order valence-corrected chi connectivity index (χ4v) is 5.94. The van der Waals surface area contributed by atoms with Crippen LogP contribution in [0.5, 0.6) is 0 Å². The van der Waals surface area contributed by atoms with Gasteiger partial charge in [0, 0.05) is 43.1 Å². The van der Waals surface area contributed by atoms with Gasteiger partial charge in [-0.1, -0.05) is 0 Å². The number of methoxy groups -OCH3 is 1. The highest BCUT2D eigenvalue weighted by Crippen LogP contribution is 2.44. The van der Waals surface area contributed by atoms with E-state index >= 15 is 0 Å². The Bertz CT molecular complexity index is 386. The van der Waals surface area contributed by atoms with E-state index in [-0.39, 0.29) is 24.7 Å². The van der Waals surface area contributed by atoms with E-state index in [1.54, 1.807) is 7.11 Å². The van der Waals surface area contributed by atoms with Gasteiger partial charge < -0.3 is 18.9 Å². The maximum atomic E-state index is 12.4. The highest BCUT2D eigenvalue weighted by Gasteiger charge is 2.52. The van der Waals surface area contributed by atoms with Crippen molar-refractivity contribution in [3.05, 3.63) is 0 Å². The van der Waals surface area contributed by atoms with Gasteiger partial charge >= 0.3 is 0 Å². The van der Waals surface area contributed by atoms with Crippen molar-refractivity contribution in [2.24, 2.45) is 11.8 Å². The summed E-state index contributed by atoms with van der Waals surface area (Å²) >= 11 is 3.73. The van der Waals surface area contributed by atoms with E-state index < -0.39 is 5.79 Å². The van der Waals surface area contributed by atoms with Crippen molar-refractivity contribution in [1.29, 1.82) is 0 Å². The van der Waals surface area contributed by atoms with Crippen LogP contribution in [-0.2, 0) is 23.7 Å². The molecule has 0 aromatic carbocycles.